The van der Waals surface area contributed by atoms with E-state index >= 15 is 0 Å². The fourth-order valence-electron chi connectivity index (χ4n) is 3.03. The molecule has 1 saturated heterocycles. The first-order chi connectivity index (χ1) is 12.9. The molecule has 2 aromatic rings. The van der Waals surface area contributed by atoms with Gasteiger partial charge in [-0.2, -0.15) is 4.31 Å². The van der Waals surface area contributed by atoms with Gasteiger partial charge in [-0.3, -0.25) is 4.79 Å². The van der Waals surface area contributed by atoms with Crippen LogP contribution in [0.3, 0.4) is 0 Å². The molecule has 1 amide bonds. The molecule has 144 valence electrons. The van der Waals surface area contributed by atoms with Crippen LogP contribution in [0.5, 0.6) is 0 Å². The monoisotopic (exact) mass is 409 g/mol. The fraction of sp³-hybridized carbons (Fsp3) is 0.333. The molecule has 2 heterocycles. The van der Waals surface area contributed by atoms with Crippen LogP contribution in [0.15, 0.2) is 48.7 Å². The topological polar surface area (TPSA) is 83.8 Å². The molecule has 0 spiro atoms. The van der Waals surface area contributed by atoms with E-state index in [1.54, 1.807) is 18.3 Å². The molecule has 0 radical (unpaired) electrons. The van der Waals surface area contributed by atoms with Crippen LogP contribution in [0, 0.1) is 0 Å². The van der Waals surface area contributed by atoms with Crippen LogP contribution in [-0.4, -0.2) is 56.3 Å². The van der Waals surface area contributed by atoms with Gasteiger partial charge in [-0.05, 0) is 17.7 Å². The summed E-state index contributed by atoms with van der Waals surface area (Å²) in [6.07, 6.45) is 1.55. The van der Waals surface area contributed by atoms with Crippen molar-refractivity contribution in [2.75, 3.05) is 38.0 Å². The summed E-state index contributed by atoms with van der Waals surface area (Å²) in [6, 6.07) is 12.5. The van der Waals surface area contributed by atoms with Gasteiger partial charge in [0.2, 0.25) is 10.0 Å². The number of halogens is 1. The van der Waals surface area contributed by atoms with Gasteiger partial charge in [0.25, 0.3) is 5.91 Å². The number of sulfonamides is 1. The van der Waals surface area contributed by atoms with E-state index in [4.69, 9.17) is 11.6 Å². The first-order valence-electron chi connectivity index (χ1n) is 8.70. The zero-order chi connectivity index (χ0) is 19.3. The van der Waals surface area contributed by atoms with Crippen molar-refractivity contribution in [3.05, 3.63) is 59.4 Å². The van der Waals surface area contributed by atoms with Gasteiger partial charge in [0.05, 0.1) is 37.6 Å². The molecular weight excluding hydrogens is 388 g/mol. The number of pyridine rings is 1. The van der Waals surface area contributed by atoms with Crippen molar-refractivity contribution < 1.29 is 18.1 Å². The van der Waals surface area contributed by atoms with Crippen molar-refractivity contribution in [1.82, 2.24) is 9.29 Å². The highest BCUT2D eigenvalue weighted by molar-refractivity contribution is 7.88. The molecular formula is C18H22ClN4O3S+. The van der Waals surface area contributed by atoms with E-state index < -0.39 is 10.0 Å². The van der Waals surface area contributed by atoms with Gasteiger partial charge in [-0.1, -0.05) is 41.9 Å². The second kappa shape index (κ2) is 8.79. The zero-order valence-electron chi connectivity index (χ0n) is 14.8. The van der Waals surface area contributed by atoms with Crippen molar-refractivity contribution in [1.29, 1.82) is 0 Å². The summed E-state index contributed by atoms with van der Waals surface area (Å²) in [7, 11) is -3.35. The maximum Gasteiger partial charge on any atom is 0.279 e. The van der Waals surface area contributed by atoms with Gasteiger partial charge in [0.15, 0.2) is 11.7 Å². The minimum absolute atomic E-state index is 0.00314. The van der Waals surface area contributed by atoms with Gasteiger partial charge in [0, 0.05) is 6.20 Å². The largest absolute Gasteiger partial charge is 0.325 e. The molecule has 1 aromatic carbocycles. The molecule has 7 nitrogen and oxygen atoms in total. The molecule has 0 unspecified atom stereocenters. The normalized spacial score (nSPS) is 16.2. The highest BCUT2D eigenvalue weighted by atomic mass is 35.5. The Morgan fingerprint density at radius 1 is 1.15 bits per heavy atom. The molecule has 2 N–H and O–H groups in total. The van der Waals surface area contributed by atoms with Crippen LogP contribution in [0.2, 0.25) is 5.15 Å². The maximum atomic E-state index is 12.6. The summed E-state index contributed by atoms with van der Waals surface area (Å²) < 4.78 is 26.7. The minimum Gasteiger partial charge on any atom is -0.325 e. The van der Waals surface area contributed by atoms with E-state index in [2.05, 4.69) is 10.3 Å². The number of hydrogen-bond acceptors (Lipinski definition) is 4. The predicted molar refractivity (Wildman–Crippen MR) is 104 cm³/mol. The number of rotatable bonds is 6. The van der Waals surface area contributed by atoms with Crippen molar-refractivity contribution in [2.24, 2.45) is 0 Å². The van der Waals surface area contributed by atoms with Crippen LogP contribution in [0.25, 0.3) is 0 Å². The van der Waals surface area contributed by atoms with Crippen LogP contribution < -0.4 is 10.2 Å². The molecule has 0 saturated carbocycles. The molecule has 1 aliphatic rings. The number of nitrogens with zero attached hydrogens (tertiary/aromatic N) is 2. The van der Waals surface area contributed by atoms with Crippen LogP contribution in [0.1, 0.15) is 5.56 Å². The SMILES string of the molecule is O=C(C[NH+]1CCN(S(=O)(=O)Cc2ccccc2)CC1)Nc1cccnc1Cl. The van der Waals surface area contributed by atoms with Crippen molar-refractivity contribution in [2.45, 2.75) is 5.75 Å². The Balaban J connectivity index is 1.50. The smallest absolute Gasteiger partial charge is 0.279 e. The van der Waals surface area contributed by atoms with Gasteiger partial charge in [-0.25, -0.2) is 13.4 Å². The first-order valence-corrected chi connectivity index (χ1v) is 10.7. The van der Waals surface area contributed by atoms with E-state index in [1.165, 1.54) is 4.31 Å². The summed E-state index contributed by atoms with van der Waals surface area (Å²) in [5, 5.41) is 2.99. The number of carbonyl (C=O) groups excluding carboxylic acids is 1. The number of aromatic nitrogens is 1. The Morgan fingerprint density at radius 3 is 2.52 bits per heavy atom. The molecule has 3 rings (SSSR count). The van der Waals surface area contributed by atoms with Gasteiger partial charge in [-0.15, -0.1) is 0 Å². The number of quaternary nitrogens is 1. The average Bonchev–Trinajstić information content (AvgIpc) is 2.64. The third-order valence-corrected chi connectivity index (χ3v) is 6.61. The summed E-state index contributed by atoms with van der Waals surface area (Å²) >= 11 is 5.94. The summed E-state index contributed by atoms with van der Waals surface area (Å²) in [5.74, 6) is -0.163. The Hall–Kier alpha value is -2.00. The van der Waals surface area contributed by atoms with E-state index in [9.17, 15) is 13.2 Å². The van der Waals surface area contributed by atoms with Crippen LogP contribution in [-0.2, 0) is 20.6 Å². The van der Waals surface area contributed by atoms with E-state index in [0.717, 1.165) is 10.5 Å². The Morgan fingerprint density at radius 2 is 1.85 bits per heavy atom. The van der Waals surface area contributed by atoms with Gasteiger partial charge in [0.1, 0.15) is 0 Å². The van der Waals surface area contributed by atoms with E-state index in [0.29, 0.717) is 31.9 Å². The number of piperazine rings is 1. The molecule has 0 atom stereocenters. The van der Waals surface area contributed by atoms with Gasteiger partial charge < -0.3 is 10.2 Å². The zero-order valence-corrected chi connectivity index (χ0v) is 16.3. The average molecular weight is 410 g/mol. The predicted octanol–water partition coefficient (Wildman–Crippen LogP) is 0.404. The third kappa shape index (κ3) is 5.49. The quantitative estimate of drug-likeness (QED) is 0.677. The molecule has 1 fully saturated rings. The number of anilines is 1. The number of carbonyl (C=O) groups is 1. The highest BCUT2D eigenvalue weighted by Crippen LogP contribution is 2.16. The van der Waals surface area contributed by atoms with Crippen LogP contribution >= 0.6 is 11.6 Å². The molecule has 9 heteroatoms. The molecule has 0 bridgehead atoms. The van der Waals surface area contributed by atoms with Gasteiger partial charge >= 0.3 is 0 Å². The highest BCUT2D eigenvalue weighted by Gasteiger charge is 2.30. The van der Waals surface area contributed by atoms with Crippen LogP contribution in [0.4, 0.5) is 5.69 Å². The van der Waals surface area contributed by atoms with E-state index in [1.807, 2.05) is 30.3 Å². The molecule has 1 aliphatic heterocycles. The Bertz CT molecular complexity index is 884. The number of nitrogens with one attached hydrogen (secondary N) is 2. The fourth-order valence-corrected chi connectivity index (χ4v) is 4.74. The van der Waals surface area contributed by atoms with Crippen molar-refractivity contribution in [3.8, 4) is 0 Å². The molecule has 27 heavy (non-hydrogen) atoms. The third-order valence-electron chi connectivity index (χ3n) is 4.46. The maximum absolute atomic E-state index is 12.6. The lowest BCUT2D eigenvalue weighted by molar-refractivity contribution is -0.895. The number of amides is 1. The lowest BCUT2D eigenvalue weighted by atomic mass is 10.2. The number of benzene rings is 1. The summed E-state index contributed by atoms with van der Waals surface area (Å²) in [6.45, 7) is 2.25. The lowest BCUT2D eigenvalue weighted by Crippen LogP contribution is -3.15. The second-order valence-electron chi connectivity index (χ2n) is 6.46. The molecule has 1 aromatic heterocycles. The van der Waals surface area contributed by atoms with E-state index in [-0.39, 0.29) is 23.4 Å². The molecule has 0 aliphatic carbocycles. The standard InChI is InChI=1S/C18H21ClN4O3S/c19-18-16(7-4-8-20-18)21-17(24)13-22-9-11-23(12-10-22)27(25,26)14-15-5-2-1-3-6-15/h1-8H,9-14H2,(H,21,24)/p+1. The Labute approximate surface area is 164 Å². The first kappa shape index (κ1) is 19.8. The van der Waals surface area contributed by atoms with Crippen molar-refractivity contribution in [3.63, 3.8) is 0 Å². The lowest BCUT2D eigenvalue weighted by Gasteiger charge is -2.31. The minimum atomic E-state index is -3.35. The second-order valence-corrected chi connectivity index (χ2v) is 8.78. The summed E-state index contributed by atoms with van der Waals surface area (Å²) in [4.78, 5) is 17.2. The number of hydrogen-bond donors (Lipinski definition) is 2. The van der Waals surface area contributed by atoms with Crippen molar-refractivity contribution >= 4 is 33.2 Å². The Kier molecular flexibility index (Phi) is 6.43. The summed E-state index contributed by atoms with van der Waals surface area (Å²) in [5.41, 5.74) is 1.26.